The highest BCUT2D eigenvalue weighted by Crippen LogP contribution is 2.35. The Morgan fingerprint density at radius 1 is 1.33 bits per heavy atom. The van der Waals surface area contributed by atoms with Crippen LogP contribution in [0.5, 0.6) is 0 Å². The van der Waals surface area contributed by atoms with E-state index in [0.29, 0.717) is 5.54 Å². The molecule has 12 heavy (non-hydrogen) atoms. The van der Waals surface area contributed by atoms with E-state index in [1.54, 1.807) is 0 Å². The van der Waals surface area contributed by atoms with E-state index < -0.39 is 0 Å². The maximum absolute atomic E-state index is 3.82. The molecular weight excluding hydrogens is 145 g/mol. The van der Waals surface area contributed by atoms with E-state index in [0.717, 1.165) is 11.9 Å². The Morgan fingerprint density at radius 2 is 2.17 bits per heavy atom. The van der Waals surface area contributed by atoms with Gasteiger partial charge in [-0.15, -0.1) is 0 Å². The van der Waals surface area contributed by atoms with Crippen LogP contribution in [0.25, 0.3) is 0 Å². The van der Waals surface area contributed by atoms with Crippen LogP contribution in [-0.2, 0) is 0 Å². The van der Waals surface area contributed by atoms with Crippen LogP contribution >= 0.6 is 0 Å². The molecule has 1 aliphatic heterocycles. The van der Waals surface area contributed by atoms with E-state index in [2.05, 4.69) is 19.2 Å². The predicted molar refractivity (Wildman–Crippen MR) is 55.2 cm³/mol. The summed E-state index contributed by atoms with van der Waals surface area (Å²) >= 11 is 0. The summed E-state index contributed by atoms with van der Waals surface area (Å²) in [6.45, 7) is 4.71. The van der Waals surface area contributed by atoms with Gasteiger partial charge in [-0.1, -0.05) is 25.0 Å². The van der Waals surface area contributed by atoms with Gasteiger partial charge in [0, 0.05) is 11.6 Å². The highest BCUT2D eigenvalue weighted by Gasteiger charge is 2.34. The van der Waals surface area contributed by atoms with E-state index in [1.807, 2.05) is 0 Å². The summed E-state index contributed by atoms with van der Waals surface area (Å²) in [4.78, 5) is 0. The van der Waals surface area contributed by atoms with Crippen molar-refractivity contribution in [1.82, 2.24) is 5.32 Å². The van der Waals surface area contributed by atoms with Gasteiger partial charge in [0.2, 0.25) is 0 Å². The van der Waals surface area contributed by atoms with Crippen LogP contribution in [0, 0.1) is 0 Å². The number of nitrogens with one attached hydrogen (secondary N) is 1. The van der Waals surface area contributed by atoms with Gasteiger partial charge in [-0.25, -0.2) is 0 Å². The van der Waals surface area contributed by atoms with E-state index in [1.165, 1.54) is 39.3 Å². The van der Waals surface area contributed by atoms with Gasteiger partial charge in [0.05, 0.1) is 0 Å². The molecule has 2 fully saturated rings. The smallest absolute Gasteiger partial charge is 0.126 e. The average molecular weight is 165 g/mol. The number of fused-ring (bicyclic) bond motifs is 1. The van der Waals surface area contributed by atoms with Crippen molar-refractivity contribution in [2.45, 2.75) is 63.2 Å². The highest BCUT2D eigenvalue weighted by molar-refractivity contribution is 6.38. The molecule has 68 valence electrons. The Bertz CT molecular complexity index is 167. The quantitative estimate of drug-likeness (QED) is 0.541. The monoisotopic (exact) mass is 165 g/mol. The zero-order valence-corrected chi connectivity index (χ0v) is 8.40. The van der Waals surface area contributed by atoms with Crippen molar-refractivity contribution in [2.24, 2.45) is 0 Å². The van der Waals surface area contributed by atoms with Crippen LogP contribution in [0.2, 0.25) is 12.1 Å². The fraction of sp³-hybridized carbons (Fsp3) is 1.00. The van der Waals surface area contributed by atoms with Gasteiger partial charge in [-0.3, -0.25) is 0 Å². The molecule has 0 spiro atoms. The highest BCUT2D eigenvalue weighted by atomic mass is 15.0. The first-order chi connectivity index (χ1) is 5.67. The Balaban J connectivity index is 2.04. The topological polar surface area (TPSA) is 12.0 Å². The third kappa shape index (κ3) is 1.68. The fourth-order valence-electron chi connectivity index (χ4n) is 2.95. The molecule has 1 aliphatic carbocycles. The molecule has 2 rings (SSSR count). The van der Waals surface area contributed by atoms with Crippen molar-refractivity contribution in [1.29, 1.82) is 0 Å². The van der Waals surface area contributed by atoms with Gasteiger partial charge in [0.1, 0.15) is 7.28 Å². The van der Waals surface area contributed by atoms with Crippen molar-refractivity contribution in [2.75, 3.05) is 0 Å². The van der Waals surface area contributed by atoms with Crippen molar-refractivity contribution >= 4 is 7.28 Å². The minimum Gasteiger partial charge on any atom is -0.309 e. The molecule has 0 radical (unpaired) electrons. The van der Waals surface area contributed by atoms with Crippen molar-refractivity contribution in [3.05, 3.63) is 0 Å². The third-order valence-corrected chi connectivity index (χ3v) is 3.61. The molecule has 0 aromatic carbocycles. The van der Waals surface area contributed by atoms with Crippen LogP contribution in [0.15, 0.2) is 0 Å². The molecule has 2 heteroatoms. The van der Waals surface area contributed by atoms with Crippen LogP contribution in [0.4, 0.5) is 0 Å². The van der Waals surface area contributed by atoms with Crippen LogP contribution in [0.1, 0.15) is 39.5 Å². The second-order valence-corrected chi connectivity index (χ2v) is 5.22. The molecule has 0 amide bonds. The fourth-order valence-corrected chi connectivity index (χ4v) is 2.95. The number of hydrogen-bond acceptors (Lipinski definition) is 1. The second kappa shape index (κ2) is 3.06. The molecule has 1 saturated heterocycles. The second-order valence-electron chi connectivity index (χ2n) is 5.22. The lowest BCUT2D eigenvalue weighted by atomic mass is 9.59. The average Bonchev–Trinajstić information content (AvgIpc) is 2.31. The Morgan fingerprint density at radius 3 is 3.00 bits per heavy atom. The van der Waals surface area contributed by atoms with Gasteiger partial charge in [0.15, 0.2) is 0 Å². The summed E-state index contributed by atoms with van der Waals surface area (Å²) in [6.07, 6.45) is 7.15. The van der Waals surface area contributed by atoms with Crippen molar-refractivity contribution in [3.8, 4) is 0 Å². The van der Waals surface area contributed by atoms with Crippen molar-refractivity contribution in [3.63, 3.8) is 0 Å². The summed E-state index contributed by atoms with van der Waals surface area (Å²) in [6, 6.07) is 0.850. The molecule has 1 N–H and O–H groups in total. The van der Waals surface area contributed by atoms with Crippen LogP contribution < -0.4 is 5.32 Å². The van der Waals surface area contributed by atoms with Gasteiger partial charge < -0.3 is 5.32 Å². The zero-order valence-electron chi connectivity index (χ0n) is 8.40. The summed E-state index contributed by atoms with van der Waals surface area (Å²) in [5, 5.41) is 3.82. The molecule has 2 aliphatic rings. The first kappa shape index (κ1) is 8.62. The number of rotatable bonds is 0. The van der Waals surface area contributed by atoms with Gasteiger partial charge >= 0.3 is 0 Å². The maximum atomic E-state index is 3.82. The SMILES string of the molecule is CC1(C)CCBC2CCC[C@@H]2N1. The molecule has 1 saturated carbocycles. The summed E-state index contributed by atoms with van der Waals surface area (Å²) in [5.41, 5.74) is 0.407. The van der Waals surface area contributed by atoms with Crippen LogP contribution in [-0.4, -0.2) is 18.9 Å². The first-order valence-electron chi connectivity index (χ1n) is 5.45. The normalized spacial score (nSPS) is 39.8. The van der Waals surface area contributed by atoms with Crippen molar-refractivity contribution < 1.29 is 0 Å². The molecule has 1 nitrogen and oxygen atoms in total. The van der Waals surface area contributed by atoms with E-state index in [4.69, 9.17) is 0 Å². The largest absolute Gasteiger partial charge is 0.309 e. The van der Waals surface area contributed by atoms with E-state index in [9.17, 15) is 0 Å². The molecule has 1 unspecified atom stereocenters. The molecule has 0 aromatic rings. The van der Waals surface area contributed by atoms with Gasteiger partial charge in [-0.05, 0) is 26.7 Å². The molecule has 0 bridgehead atoms. The van der Waals surface area contributed by atoms with E-state index in [-0.39, 0.29) is 0 Å². The van der Waals surface area contributed by atoms with E-state index >= 15 is 0 Å². The molecular formula is C10H20BN. The molecule has 0 aromatic heterocycles. The summed E-state index contributed by atoms with van der Waals surface area (Å²) in [5.74, 6) is 1.01. The lowest BCUT2D eigenvalue weighted by molar-refractivity contribution is 0.335. The standard InChI is InChI=1S/C10H20BN/c1-10(2)6-7-11-8-4-3-5-9(8)12-10/h8-9,11-12H,3-7H2,1-2H3/t8?,9-/m0/s1. The maximum Gasteiger partial charge on any atom is 0.126 e. The van der Waals surface area contributed by atoms with Gasteiger partial charge in [0.25, 0.3) is 0 Å². The number of hydrogen-bond donors (Lipinski definition) is 1. The third-order valence-electron chi connectivity index (χ3n) is 3.61. The lowest BCUT2D eigenvalue weighted by Crippen LogP contribution is -2.44. The Labute approximate surface area is 76.5 Å². The Kier molecular flexibility index (Phi) is 2.20. The minimum atomic E-state index is 0.407. The van der Waals surface area contributed by atoms with Crippen LogP contribution in [0.3, 0.4) is 0 Å². The Hall–Kier alpha value is 0.0249. The minimum absolute atomic E-state index is 0.407. The predicted octanol–water partition coefficient (Wildman–Crippen LogP) is 1.95. The summed E-state index contributed by atoms with van der Waals surface area (Å²) in [7, 11) is 1.47. The molecule has 1 heterocycles. The van der Waals surface area contributed by atoms with Gasteiger partial charge in [-0.2, -0.15) is 0 Å². The lowest BCUT2D eigenvalue weighted by Gasteiger charge is -2.29. The zero-order chi connectivity index (χ0) is 8.60. The first-order valence-corrected chi connectivity index (χ1v) is 5.45. The molecule has 2 atom stereocenters. The summed E-state index contributed by atoms with van der Waals surface area (Å²) < 4.78 is 0.